The molecule has 9 nitrogen and oxygen atoms in total. The highest BCUT2D eigenvalue weighted by atomic mass is 32.2. The SMILES string of the molecule is COc1cc2sc(C(=O)Nc3nn[nH]n3)c(Sc3ccc(CC(=O)O)cc3)c2cc1C. The number of carboxylic acid groups (broad SMARTS) is 1. The van der Waals surface area contributed by atoms with E-state index >= 15 is 0 Å². The number of carbonyl (C=O) groups excluding carboxylic acids is 1. The average molecular weight is 456 g/mol. The van der Waals surface area contributed by atoms with Gasteiger partial charge in [0.25, 0.3) is 11.9 Å². The monoisotopic (exact) mass is 455 g/mol. The molecule has 0 bridgehead atoms. The van der Waals surface area contributed by atoms with Crippen molar-refractivity contribution in [2.45, 2.75) is 23.1 Å². The van der Waals surface area contributed by atoms with Gasteiger partial charge in [0.15, 0.2) is 0 Å². The van der Waals surface area contributed by atoms with Crippen molar-refractivity contribution < 1.29 is 19.4 Å². The van der Waals surface area contributed by atoms with Crippen LogP contribution < -0.4 is 10.1 Å². The number of ether oxygens (including phenoxy) is 1. The van der Waals surface area contributed by atoms with Crippen molar-refractivity contribution in [3.05, 3.63) is 52.4 Å². The molecule has 0 aliphatic heterocycles. The van der Waals surface area contributed by atoms with Crippen LogP contribution in [0.25, 0.3) is 10.1 Å². The Hall–Kier alpha value is -3.44. The number of aromatic amines is 1. The highest BCUT2D eigenvalue weighted by Crippen LogP contribution is 2.44. The molecule has 11 heteroatoms. The minimum atomic E-state index is -0.880. The van der Waals surface area contributed by atoms with E-state index in [1.165, 1.54) is 23.1 Å². The molecule has 31 heavy (non-hydrogen) atoms. The summed E-state index contributed by atoms with van der Waals surface area (Å²) in [5, 5.41) is 25.8. The molecule has 158 valence electrons. The second-order valence-electron chi connectivity index (χ2n) is 6.58. The maximum absolute atomic E-state index is 13.0. The third-order valence-electron chi connectivity index (χ3n) is 4.44. The summed E-state index contributed by atoms with van der Waals surface area (Å²) >= 11 is 2.78. The van der Waals surface area contributed by atoms with Crippen molar-refractivity contribution in [2.24, 2.45) is 0 Å². The number of carbonyl (C=O) groups is 2. The van der Waals surface area contributed by atoms with Gasteiger partial charge in [-0.3, -0.25) is 14.9 Å². The number of aliphatic carboxylic acids is 1. The van der Waals surface area contributed by atoms with Gasteiger partial charge in [-0.25, -0.2) is 0 Å². The Labute approximate surface area is 184 Å². The predicted molar refractivity (Wildman–Crippen MR) is 117 cm³/mol. The highest BCUT2D eigenvalue weighted by Gasteiger charge is 2.22. The molecule has 2 aromatic carbocycles. The lowest BCUT2D eigenvalue weighted by atomic mass is 10.1. The van der Waals surface area contributed by atoms with E-state index in [1.54, 1.807) is 19.2 Å². The number of tetrazole rings is 1. The fourth-order valence-corrected chi connectivity index (χ4v) is 5.31. The van der Waals surface area contributed by atoms with Gasteiger partial charge in [-0.15, -0.1) is 16.4 Å². The first-order valence-corrected chi connectivity index (χ1v) is 10.7. The third kappa shape index (κ3) is 4.52. The zero-order chi connectivity index (χ0) is 22.0. The maximum atomic E-state index is 13.0. The quantitative estimate of drug-likeness (QED) is 0.384. The molecule has 0 fully saturated rings. The number of amides is 1. The number of aromatic nitrogens is 4. The standard InChI is InChI=1S/C20H17N5O4S2/c1-10-7-13-15(9-14(10)29-2)31-18(19(28)21-20-22-24-25-23-20)17(13)30-12-5-3-11(4-6-12)8-16(26)27/h3-7,9H,8H2,1-2H3,(H,26,27)(H2,21,22,23,24,25,28). The lowest BCUT2D eigenvalue weighted by Gasteiger charge is -2.07. The maximum Gasteiger partial charge on any atom is 0.307 e. The van der Waals surface area contributed by atoms with Gasteiger partial charge in [0.1, 0.15) is 10.6 Å². The summed E-state index contributed by atoms with van der Waals surface area (Å²) in [7, 11) is 1.61. The first kappa shape index (κ1) is 20.8. The summed E-state index contributed by atoms with van der Waals surface area (Å²) in [6.45, 7) is 1.95. The molecule has 0 saturated carbocycles. The number of nitrogens with zero attached hydrogens (tertiary/aromatic N) is 3. The Morgan fingerprint density at radius 3 is 2.68 bits per heavy atom. The number of carboxylic acids is 1. The summed E-state index contributed by atoms with van der Waals surface area (Å²) < 4.78 is 6.34. The van der Waals surface area contributed by atoms with Gasteiger partial charge >= 0.3 is 5.97 Å². The molecular formula is C20H17N5O4S2. The molecule has 0 aliphatic rings. The number of nitrogens with one attached hydrogen (secondary N) is 2. The summed E-state index contributed by atoms with van der Waals surface area (Å²) in [5.74, 6) is -0.392. The summed E-state index contributed by atoms with van der Waals surface area (Å²) in [4.78, 5) is 26.1. The molecule has 0 radical (unpaired) electrons. The first-order valence-electron chi connectivity index (χ1n) is 9.09. The van der Waals surface area contributed by atoms with Gasteiger partial charge in [0.2, 0.25) is 0 Å². The van der Waals surface area contributed by atoms with Crippen LogP contribution >= 0.6 is 23.1 Å². The van der Waals surface area contributed by atoms with Crippen LogP contribution in [0.5, 0.6) is 5.75 Å². The Bertz CT molecular complexity index is 1250. The smallest absolute Gasteiger partial charge is 0.307 e. The Morgan fingerprint density at radius 1 is 1.26 bits per heavy atom. The van der Waals surface area contributed by atoms with Crippen molar-refractivity contribution in [1.29, 1.82) is 0 Å². The molecule has 0 saturated heterocycles. The molecule has 0 atom stereocenters. The van der Waals surface area contributed by atoms with Crippen LogP contribution in [0.4, 0.5) is 5.95 Å². The number of H-pyrrole nitrogens is 1. The van der Waals surface area contributed by atoms with Crippen molar-refractivity contribution >= 4 is 51.0 Å². The molecule has 4 rings (SSSR count). The molecule has 2 aromatic heterocycles. The minimum absolute atomic E-state index is 0.0380. The van der Waals surface area contributed by atoms with Gasteiger partial charge in [-0.1, -0.05) is 29.0 Å². The number of benzene rings is 2. The van der Waals surface area contributed by atoms with Crippen LogP contribution in [0, 0.1) is 6.92 Å². The van der Waals surface area contributed by atoms with Gasteiger partial charge in [0.05, 0.1) is 13.5 Å². The Balaban J connectivity index is 1.74. The van der Waals surface area contributed by atoms with Gasteiger partial charge < -0.3 is 9.84 Å². The van der Waals surface area contributed by atoms with Crippen LogP contribution in [0.15, 0.2) is 46.2 Å². The van der Waals surface area contributed by atoms with Crippen LogP contribution in [-0.2, 0) is 11.2 Å². The zero-order valence-electron chi connectivity index (χ0n) is 16.5. The van der Waals surface area contributed by atoms with Crippen molar-refractivity contribution in [3.63, 3.8) is 0 Å². The molecule has 2 heterocycles. The Kier molecular flexibility index (Phi) is 5.87. The fraction of sp³-hybridized carbons (Fsp3) is 0.150. The molecule has 0 aliphatic carbocycles. The van der Waals surface area contributed by atoms with E-state index in [4.69, 9.17) is 9.84 Å². The van der Waals surface area contributed by atoms with Gasteiger partial charge in [-0.2, -0.15) is 5.21 Å². The van der Waals surface area contributed by atoms with E-state index in [0.29, 0.717) is 10.4 Å². The number of rotatable bonds is 7. The molecule has 3 N–H and O–H groups in total. The number of aryl methyl sites for hydroxylation is 1. The summed E-state index contributed by atoms with van der Waals surface area (Å²) in [6.07, 6.45) is -0.0380. The molecular weight excluding hydrogens is 438 g/mol. The van der Waals surface area contributed by atoms with E-state index in [0.717, 1.165) is 31.2 Å². The van der Waals surface area contributed by atoms with Crippen LogP contribution in [0.1, 0.15) is 20.8 Å². The lowest BCUT2D eigenvalue weighted by Crippen LogP contribution is -2.12. The summed E-state index contributed by atoms with van der Waals surface area (Å²) in [6, 6.07) is 11.2. The molecule has 4 aromatic rings. The Morgan fingerprint density at radius 2 is 2.03 bits per heavy atom. The second-order valence-corrected chi connectivity index (χ2v) is 8.72. The second kappa shape index (κ2) is 8.74. The van der Waals surface area contributed by atoms with Gasteiger partial charge in [0, 0.05) is 19.9 Å². The average Bonchev–Trinajstić information content (AvgIpc) is 3.36. The number of hydrogen-bond donors (Lipinski definition) is 3. The van der Waals surface area contributed by atoms with Crippen LogP contribution in [-0.4, -0.2) is 44.7 Å². The predicted octanol–water partition coefficient (Wildman–Crippen LogP) is 3.76. The van der Waals surface area contributed by atoms with Crippen LogP contribution in [0.3, 0.4) is 0 Å². The first-order chi connectivity index (χ1) is 14.9. The van der Waals surface area contributed by atoms with Crippen molar-refractivity contribution in [3.8, 4) is 5.75 Å². The number of hydrogen-bond acceptors (Lipinski definition) is 8. The largest absolute Gasteiger partial charge is 0.496 e. The minimum Gasteiger partial charge on any atom is -0.496 e. The molecule has 0 spiro atoms. The summed E-state index contributed by atoms with van der Waals surface area (Å²) in [5.41, 5.74) is 1.67. The fourth-order valence-electron chi connectivity index (χ4n) is 3.02. The topological polar surface area (TPSA) is 130 Å². The van der Waals surface area contributed by atoms with E-state index in [9.17, 15) is 9.59 Å². The van der Waals surface area contributed by atoms with E-state index in [1.807, 2.05) is 31.2 Å². The number of fused-ring (bicyclic) bond motifs is 1. The van der Waals surface area contributed by atoms with E-state index in [-0.39, 0.29) is 18.3 Å². The third-order valence-corrected chi connectivity index (χ3v) is 6.85. The van der Waals surface area contributed by atoms with E-state index < -0.39 is 5.97 Å². The number of thiophene rings is 1. The van der Waals surface area contributed by atoms with Crippen LogP contribution in [0.2, 0.25) is 0 Å². The van der Waals surface area contributed by atoms with Crippen molar-refractivity contribution in [1.82, 2.24) is 20.6 Å². The molecule has 0 unspecified atom stereocenters. The lowest BCUT2D eigenvalue weighted by molar-refractivity contribution is -0.136. The normalized spacial score (nSPS) is 10.9. The van der Waals surface area contributed by atoms with Gasteiger partial charge in [-0.05, 0) is 47.5 Å². The molecule has 1 amide bonds. The number of anilines is 1. The van der Waals surface area contributed by atoms with E-state index in [2.05, 4.69) is 25.9 Å². The highest BCUT2D eigenvalue weighted by molar-refractivity contribution is 7.99. The zero-order valence-corrected chi connectivity index (χ0v) is 18.1. The van der Waals surface area contributed by atoms with Crippen molar-refractivity contribution in [2.75, 3.05) is 12.4 Å². The number of methoxy groups -OCH3 is 1.